The number of amides is 1. The highest BCUT2D eigenvalue weighted by Gasteiger charge is 2.21. The van der Waals surface area contributed by atoms with Crippen molar-refractivity contribution in [3.63, 3.8) is 0 Å². The maximum atomic E-state index is 12.7. The zero-order chi connectivity index (χ0) is 22.6. The molecule has 0 spiro atoms. The number of aromatic nitrogens is 3. The predicted molar refractivity (Wildman–Crippen MR) is 125 cm³/mol. The number of thioether (sulfide) groups is 1. The monoisotopic (exact) mass is 433 g/mol. The summed E-state index contributed by atoms with van der Waals surface area (Å²) in [6.07, 6.45) is 0. The van der Waals surface area contributed by atoms with Gasteiger partial charge < -0.3 is 9.88 Å². The molecule has 1 N–H and O–H groups in total. The first-order valence-electron chi connectivity index (χ1n) is 10.3. The van der Waals surface area contributed by atoms with Crippen LogP contribution in [0.15, 0.2) is 53.7 Å². The molecule has 2 aromatic carbocycles. The van der Waals surface area contributed by atoms with Gasteiger partial charge in [-0.3, -0.25) is 4.79 Å². The highest BCUT2D eigenvalue weighted by molar-refractivity contribution is 8.00. The lowest BCUT2D eigenvalue weighted by Crippen LogP contribution is -2.23. The molecule has 1 heterocycles. The van der Waals surface area contributed by atoms with Crippen molar-refractivity contribution in [3.05, 3.63) is 59.7 Å². The maximum Gasteiger partial charge on any atom is 0.237 e. The Morgan fingerprint density at radius 2 is 1.84 bits per heavy atom. The van der Waals surface area contributed by atoms with Crippen molar-refractivity contribution < 1.29 is 4.79 Å². The van der Waals surface area contributed by atoms with Crippen LogP contribution < -0.4 is 5.32 Å². The first-order chi connectivity index (χ1) is 14.7. The lowest BCUT2D eigenvalue weighted by atomic mass is 9.87. The molecular formula is C24H27N5OS. The third kappa shape index (κ3) is 5.15. The molecule has 0 aliphatic heterocycles. The minimum Gasteiger partial charge on any atom is -0.324 e. The van der Waals surface area contributed by atoms with Crippen LogP contribution in [0.1, 0.15) is 45.7 Å². The zero-order valence-corrected chi connectivity index (χ0v) is 19.3. The summed E-state index contributed by atoms with van der Waals surface area (Å²) in [5, 5.41) is 21.1. The number of hydrogen-bond donors (Lipinski definition) is 1. The van der Waals surface area contributed by atoms with Gasteiger partial charge in [-0.05, 0) is 37.0 Å². The Morgan fingerprint density at radius 1 is 1.16 bits per heavy atom. The van der Waals surface area contributed by atoms with E-state index in [0.29, 0.717) is 23.0 Å². The van der Waals surface area contributed by atoms with Crippen molar-refractivity contribution in [1.29, 1.82) is 5.26 Å². The van der Waals surface area contributed by atoms with Crippen LogP contribution in [-0.4, -0.2) is 25.9 Å². The van der Waals surface area contributed by atoms with Crippen molar-refractivity contribution in [2.45, 2.75) is 57.0 Å². The van der Waals surface area contributed by atoms with Crippen molar-refractivity contribution in [1.82, 2.24) is 14.8 Å². The van der Waals surface area contributed by atoms with Gasteiger partial charge in [0.05, 0.1) is 16.5 Å². The van der Waals surface area contributed by atoms with Crippen LogP contribution >= 0.6 is 11.8 Å². The minimum atomic E-state index is -0.405. The molecule has 0 radical (unpaired) electrons. The van der Waals surface area contributed by atoms with Gasteiger partial charge in [-0.1, -0.05) is 68.9 Å². The van der Waals surface area contributed by atoms with Gasteiger partial charge in [0.25, 0.3) is 0 Å². The fourth-order valence-electron chi connectivity index (χ4n) is 3.13. The van der Waals surface area contributed by atoms with E-state index in [1.807, 2.05) is 18.4 Å². The number of benzene rings is 2. The number of hydrogen-bond acceptors (Lipinski definition) is 5. The van der Waals surface area contributed by atoms with E-state index in [1.165, 1.54) is 17.3 Å². The van der Waals surface area contributed by atoms with Gasteiger partial charge in [0.15, 0.2) is 11.0 Å². The SMILES string of the molecule is CCn1c(SC(C)C(=O)Nc2ccccc2C#N)nnc1-c1ccc(C(C)(C)C)cc1. The van der Waals surface area contributed by atoms with E-state index in [-0.39, 0.29) is 11.3 Å². The van der Waals surface area contributed by atoms with Gasteiger partial charge in [0.2, 0.25) is 5.91 Å². The van der Waals surface area contributed by atoms with E-state index in [0.717, 1.165) is 11.4 Å². The van der Waals surface area contributed by atoms with Crippen LogP contribution in [-0.2, 0) is 16.8 Å². The molecule has 0 aliphatic rings. The fraction of sp³-hybridized carbons (Fsp3) is 0.333. The first kappa shape index (κ1) is 22.6. The van der Waals surface area contributed by atoms with Gasteiger partial charge in [-0.2, -0.15) is 5.26 Å². The molecule has 1 aromatic heterocycles. The Bertz CT molecular complexity index is 1110. The Kier molecular flexibility index (Phi) is 6.81. The number of carbonyl (C=O) groups excluding carboxylic acids is 1. The average Bonchev–Trinajstić information content (AvgIpc) is 3.16. The van der Waals surface area contributed by atoms with Crippen molar-refractivity contribution >= 4 is 23.4 Å². The third-order valence-electron chi connectivity index (χ3n) is 5.00. The second-order valence-electron chi connectivity index (χ2n) is 8.28. The molecule has 0 saturated heterocycles. The quantitative estimate of drug-likeness (QED) is 0.537. The Hall–Kier alpha value is -3.11. The summed E-state index contributed by atoms with van der Waals surface area (Å²) in [6.45, 7) is 11.1. The molecular weight excluding hydrogens is 406 g/mol. The average molecular weight is 434 g/mol. The van der Waals surface area contributed by atoms with Crippen LogP contribution in [0.5, 0.6) is 0 Å². The van der Waals surface area contributed by atoms with E-state index in [1.54, 1.807) is 24.3 Å². The fourth-order valence-corrected chi connectivity index (χ4v) is 4.04. The largest absolute Gasteiger partial charge is 0.324 e. The standard InChI is InChI=1S/C24H27N5OS/c1-6-29-21(17-11-13-19(14-12-17)24(3,4)5)27-28-23(29)31-16(2)22(30)26-20-10-8-7-9-18(20)15-25/h7-14,16H,6H2,1-5H3,(H,26,30). The highest BCUT2D eigenvalue weighted by Crippen LogP contribution is 2.29. The molecule has 1 amide bonds. The summed E-state index contributed by atoms with van der Waals surface area (Å²) < 4.78 is 2.02. The lowest BCUT2D eigenvalue weighted by molar-refractivity contribution is -0.115. The molecule has 160 valence electrons. The zero-order valence-electron chi connectivity index (χ0n) is 18.5. The van der Waals surface area contributed by atoms with Gasteiger partial charge >= 0.3 is 0 Å². The third-order valence-corrected chi connectivity index (χ3v) is 6.08. The first-order valence-corrected chi connectivity index (χ1v) is 11.1. The van der Waals surface area contributed by atoms with Crippen molar-refractivity contribution in [2.24, 2.45) is 0 Å². The molecule has 3 aromatic rings. The van der Waals surface area contributed by atoms with Crippen molar-refractivity contribution in [3.8, 4) is 17.5 Å². The van der Waals surface area contributed by atoms with Gasteiger partial charge in [-0.25, -0.2) is 0 Å². The summed E-state index contributed by atoms with van der Waals surface area (Å²) in [4.78, 5) is 12.7. The Morgan fingerprint density at radius 3 is 2.45 bits per heavy atom. The summed E-state index contributed by atoms with van der Waals surface area (Å²) in [5.41, 5.74) is 3.29. The van der Waals surface area contributed by atoms with Crippen LogP contribution in [0.3, 0.4) is 0 Å². The van der Waals surface area contributed by atoms with E-state index in [9.17, 15) is 10.1 Å². The highest BCUT2D eigenvalue weighted by atomic mass is 32.2. The number of rotatable bonds is 6. The Balaban J connectivity index is 1.77. The number of anilines is 1. The molecule has 3 rings (SSSR count). The van der Waals surface area contributed by atoms with Crippen LogP contribution in [0, 0.1) is 11.3 Å². The molecule has 0 aliphatic carbocycles. The predicted octanol–water partition coefficient (Wildman–Crippen LogP) is 5.25. The minimum absolute atomic E-state index is 0.0882. The molecule has 0 fully saturated rings. The number of nitriles is 1. The molecule has 7 heteroatoms. The smallest absolute Gasteiger partial charge is 0.237 e. The van der Waals surface area contributed by atoms with Crippen LogP contribution in [0.4, 0.5) is 5.69 Å². The molecule has 31 heavy (non-hydrogen) atoms. The summed E-state index contributed by atoms with van der Waals surface area (Å²) >= 11 is 1.35. The topological polar surface area (TPSA) is 83.6 Å². The number of para-hydroxylation sites is 1. The molecule has 0 saturated carbocycles. The van der Waals surface area contributed by atoms with Crippen molar-refractivity contribution in [2.75, 3.05) is 5.32 Å². The van der Waals surface area contributed by atoms with Gasteiger partial charge in [0.1, 0.15) is 6.07 Å². The molecule has 1 atom stereocenters. The van der Waals surface area contributed by atoms with E-state index < -0.39 is 5.25 Å². The normalized spacial score (nSPS) is 12.3. The van der Waals surface area contributed by atoms with Crippen LogP contribution in [0.2, 0.25) is 0 Å². The summed E-state index contributed by atoms with van der Waals surface area (Å²) in [7, 11) is 0. The second-order valence-corrected chi connectivity index (χ2v) is 9.59. The molecule has 6 nitrogen and oxygen atoms in total. The van der Waals surface area contributed by atoms with Gasteiger partial charge in [-0.15, -0.1) is 10.2 Å². The summed E-state index contributed by atoms with van der Waals surface area (Å²) in [6, 6.07) is 17.4. The van der Waals surface area contributed by atoms with E-state index in [2.05, 4.69) is 66.6 Å². The number of carbonyl (C=O) groups is 1. The van der Waals surface area contributed by atoms with Gasteiger partial charge in [0, 0.05) is 12.1 Å². The molecule has 0 bridgehead atoms. The number of nitrogens with one attached hydrogen (secondary N) is 1. The lowest BCUT2D eigenvalue weighted by Gasteiger charge is -2.19. The number of nitrogens with zero attached hydrogens (tertiary/aromatic N) is 4. The summed E-state index contributed by atoms with van der Waals surface area (Å²) in [5.74, 6) is 0.599. The van der Waals surface area contributed by atoms with E-state index in [4.69, 9.17) is 0 Å². The maximum absolute atomic E-state index is 12.7. The molecule has 1 unspecified atom stereocenters. The van der Waals surface area contributed by atoms with E-state index >= 15 is 0 Å². The Labute approximate surface area is 187 Å². The van der Waals surface area contributed by atoms with Crippen LogP contribution in [0.25, 0.3) is 11.4 Å². The second kappa shape index (κ2) is 9.36.